The summed E-state index contributed by atoms with van der Waals surface area (Å²) in [6.45, 7) is 0.772. The molecule has 3 nitrogen and oxygen atoms in total. The quantitative estimate of drug-likeness (QED) is 0.735. The fourth-order valence-corrected chi connectivity index (χ4v) is 1.58. The Morgan fingerprint density at radius 1 is 1.25 bits per heavy atom. The molecule has 1 aromatic rings. The Balaban J connectivity index is 2.26. The number of hydroxylamine groups is 2. The van der Waals surface area contributed by atoms with Crippen LogP contribution in [0.25, 0.3) is 0 Å². The Morgan fingerprint density at radius 3 is 2.50 bits per heavy atom. The molecule has 1 aliphatic rings. The number of rotatable bonds is 1. The molecule has 5 heteroatoms. The molecule has 0 atom stereocenters. The van der Waals surface area contributed by atoms with Crippen molar-refractivity contribution >= 4 is 5.91 Å². The van der Waals surface area contributed by atoms with Crippen LogP contribution >= 0.6 is 0 Å². The van der Waals surface area contributed by atoms with E-state index >= 15 is 0 Å². The molecule has 0 radical (unpaired) electrons. The maximum absolute atomic E-state index is 13.3. The minimum atomic E-state index is -0.862. The van der Waals surface area contributed by atoms with E-state index in [9.17, 15) is 13.6 Å². The van der Waals surface area contributed by atoms with Crippen molar-refractivity contribution in [3.63, 3.8) is 0 Å². The molecule has 16 heavy (non-hydrogen) atoms. The summed E-state index contributed by atoms with van der Waals surface area (Å²) in [6.07, 6.45) is 1.63. The third-order valence-electron chi connectivity index (χ3n) is 2.41. The van der Waals surface area contributed by atoms with Gasteiger partial charge in [0.25, 0.3) is 5.91 Å². The van der Waals surface area contributed by atoms with Crippen LogP contribution < -0.4 is 0 Å². The van der Waals surface area contributed by atoms with Gasteiger partial charge in [-0.05, 0) is 25.0 Å². The van der Waals surface area contributed by atoms with Crippen molar-refractivity contribution in [2.24, 2.45) is 0 Å². The Bertz CT molecular complexity index is 383. The van der Waals surface area contributed by atoms with E-state index in [1.165, 1.54) is 6.07 Å². The lowest BCUT2D eigenvalue weighted by atomic mass is 10.1. The maximum Gasteiger partial charge on any atom is 0.283 e. The van der Waals surface area contributed by atoms with Gasteiger partial charge in [0.2, 0.25) is 0 Å². The highest BCUT2D eigenvalue weighted by Crippen LogP contribution is 2.17. The van der Waals surface area contributed by atoms with Crippen molar-refractivity contribution in [2.45, 2.75) is 12.8 Å². The average molecular weight is 227 g/mol. The van der Waals surface area contributed by atoms with Crippen molar-refractivity contribution in [1.82, 2.24) is 5.06 Å². The first-order valence-corrected chi connectivity index (χ1v) is 5.09. The first-order valence-electron chi connectivity index (χ1n) is 5.09. The Hall–Kier alpha value is -1.49. The van der Waals surface area contributed by atoms with Gasteiger partial charge >= 0.3 is 0 Å². The largest absolute Gasteiger partial charge is 0.283 e. The summed E-state index contributed by atoms with van der Waals surface area (Å²) in [5.41, 5.74) is -0.551. The minimum Gasteiger partial charge on any atom is -0.271 e. The van der Waals surface area contributed by atoms with Gasteiger partial charge in [0.1, 0.15) is 17.2 Å². The lowest BCUT2D eigenvalue weighted by Crippen LogP contribution is -2.36. The zero-order valence-corrected chi connectivity index (χ0v) is 8.58. The van der Waals surface area contributed by atoms with Crippen molar-refractivity contribution in [2.75, 3.05) is 13.2 Å². The van der Waals surface area contributed by atoms with Gasteiger partial charge in [-0.3, -0.25) is 9.63 Å². The van der Waals surface area contributed by atoms with Crippen LogP contribution in [0.5, 0.6) is 0 Å². The van der Waals surface area contributed by atoms with Crippen molar-refractivity contribution in [3.8, 4) is 0 Å². The van der Waals surface area contributed by atoms with Gasteiger partial charge in [-0.25, -0.2) is 13.8 Å². The monoisotopic (exact) mass is 227 g/mol. The second kappa shape index (κ2) is 4.57. The van der Waals surface area contributed by atoms with Gasteiger partial charge in [-0.15, -0.1) is 0 Å². The Kier molecular flexibility index (Phi) is 3.14. The second-order valence-electron chi connectivity index (χ2n) is 3.54. The van der Waals surface area contributed by atoms with E-state index in [1.807, 2.05) is 0 Å². The van der Waals surface area contributed by atoms with E-state index in [-0.39, 0.29) is 0 Å². The normalized spacial score (nSPS) is 16.2. The SMILES string of the molecule is O=C(c1c(F)cccc1F)N1CCCCO1. The number of nitrogens with zero attached hydrogens (tertiary/aromatic N) is 1. The van der Waals surface area contributed by atoms with Crippen molar-refractivity contribution in [1.29, 1.82) is 0 Å². The number of hydrogen-bond acceptors (Lipinski definition) is 2. The van der Waals surface area contributed by atoms with E-state index in [0.29, 0.717) is 13.2 Å². The van der Waals surface area contributed by atoms with E-state index in [4.69, 9.17) is 4.84 Å². The molecule has 0 spiro atoms. The van der Waals surface area contributed by atoms with E-state index < -0.39 is 23.1 Å². The number of carbonyl (C=O) groups is 1. The van der Waals surface area contributed by atoms with Crippen LogP contribution in [-0.4, -0.2) is 24.1 Å². The zero-order valence-electron chi connectivity index (χ0n) is 8.58. The van der Waals surface area contributed by atoms with Crippen LogP contribution in [0, 0.1) is 11.6 Å². The topological polar surface area (TPSA) is 29.5 Å². The third kappa shape index (κ3) is 2.04. The minimum absolute atomic E-state index is 0.368. The van der Waals surface area contributed by atoms with Crippen LogP contribution in [0.3, 0.4) is 0 Å². The highest BCUT2D eigenvalue weighted by Gasteiger charge is 2.25. The molecule has 2 rings (SSSR count). The van der Waals surface area contributed by atoms with Crippen LogP contribution in [0.2, 0.25) is 0 Å². The molecule has 0 unspecified atom stereocenters. The van der Waals surface area contributed by atoms with Crippen LogP contribution in [0.4, 0.5) is 8.78 Å². The highest BCUT2D eigenvalue weighted by atomic mass is 19.1. The summed E-state index contributed by atoms with van der Waals surface area (Å²) in [5.74, 6) is -2.48. The number of halogens is 2. The summed E-state index contributed by atoms with van der Waals surface area (Å²) < 4.78 is 26.6. The summed E-state index contributed by atoms with van der Waals surface area (Å²) >= 11 is 0. The molecule has 1 aromatic carbocycles. The van der Waals surface area contributed by atoms with Gasteiger partial charge in [-0.1, -0.05) is 6.07 Å². The lowest BCUT2D eigenvalue weighted by molar-refractivity contribution is -0.144. The molecule has 0 bridgehead atoms. The standard InChI is InChI=1S/C11H11F2NO2/c12-8-4-3-5-9(13)10(8)11(15)14-6-1-2-7-16-14/h3-5H,1-2,6-7H2. The van der Waals surface area contributed by atoms with Crippen LogP contribution in [-0.2, 0) is 4.84 Å². The summed E-state index contributed by atoms with van der Waals surface area (Å²) in [6, 6.07) is 3.33. The fraction of sp³-hybridized carbons (Fsp3) is 0.364. The summed E-state index contributed by atoms with van der Waals surface area (Å²) in [4.78, 5) is 16.8. The van der Waals surface area contributed by atoms with Gasteiger partial charge in [0.15, 0.2) is 0 Å². The summed E-state index contributed by atoms with van der Waals surface area (Å²) in [7, 11) is 0. The molecule has 0 N–H and O–H groups in total. The Labute approximate surface area is 91.6 Å². The number of hydrogen-bond donors (Lipinski definition) is 0. The van der Waals surface area contributed by atoms with Gasteiger partial charge in [0.05, 0.1) is 6.61 Å². The average Bonchev–Trinajstić information content (AvgIpc) is 2.30. The van der Waals surface area contributed by atoms with Crippen LogP contribution in [0.15, 0.2) is 18.2 Å². The third-order valence-corrected chi connectivity index (χ3v) is 2.41. The summed E-state index contributed by atoms with van der Waals surface area (Å²) in [5, 5.41) is 1.02. The maximum atomic E-state index is 13.3. The second-order valence-corrected chi connectivity index (χ2v) is 3.54. The lowest BCUT2D eigenvalue weighted by Gasteiger charge is -2.26. The van der Waals surface area contributed by atoms with Crippen molar-refractivity contribution in [3.05, 3.63) is 35.4 Å². The first-order chi connectivity index (χ1) is 7.70. The van der Waals surface area contributed by atoms with Gasteiger partial charge in [0, 0.05) is 6.54 Å². The van der Waals surface area contributed by atoms with E-state index in [1.54, 1.807) is 0 Å². The molecule has 0 aromatic heterocycles. The molecule has 1 aliphatic heterocycles. The Morgan fingerprint density at radius 2 is 1.94 bits per heavy atom. The number of amides is 1. The number of carbonyl (C=O) groups excluding carboxylic acids is 1. The molecule has 1 amide bonds. The fourth-order valence-electron chi connectivity index (χ4n) is 1.58. The highest BCUT2D eigenvalue weighted by molar-refractivity contribution is 5.94. The first kappa shape index (κ1) is 11.0. The molecule has 1 fully saturated rings. The van der Waals surface area contributed by atoms with E-state index in [0.717, 1.165) is 30.0 Å². The smallest absolute Gasteiger partial charge is 0.271 e. The molecule has 0 saturated carbocycles. The zero-order chi connectivity index (χ0) is 11.5. The molecular weight excluding hydrogens is 216 g/mol. The predicted octanol–water partition coefficient (Wildman–Crippen LogP) is 2.13. The van der Waals surface area contributed by atoms with Gasteiger partial charge < -0.3 is 0 Å². The molecular formula is C11H11F2NO2. The van der Waals surface area contributed by atoms with Crippen LogP contribution in [0.1, 0.15) is 23.2 Å². The van der Waals surface area contributed by atoms with Crippen molar-refractivity contribution < 1.29 is 18.4 Å². The molecule has 1 heterocycles. The van der Waals surface area contributed by atoms with Gasteiger partial charge in [-0.2, -0.15) is 0 Å². The van der Waals surface area contributed by atoms with E-state index in [2.05, 4.69) is 0 Å². The molecule has 86 valence electrons. The number of benzene rings is 1. The molecule has 0 aliphatic carbocycles. The molecule has 1 saturated heterocycles. The predicted molar refractivity (Wildman–Crippen MR) is 52.6 cm³/mol.